The van der Waals surface area contributed by atoms with Crippen molar-refractivity contribution in [2.45, 2.75) is 46.7 Å². The van der Waals surface area contributed by atoms with Crippen molar-refractivity contribution < 1.29 is 4.74 Å². The number of likely N-dealkylation sites (N-methyl/N-ethyl adjacent to an activating group) is 1. The lowest BCUT2D eigenvalue weighted by Crippen LogP contribution is -2.41. The van der Waals surface area contributed by atoms with Gasteiger partial charge in [0.15, 0.2) is 0 Å². The summed E-state index contributed by atoms with van der Waals surface area (Å²) in [6.07, 6.45) is 0. The molecule has 1 aromatic carbocycles. The van der Waals surface area contributed by atoms with E-state index in [1.807, 2.05) is 6.07 Å². The number of nitrogens with zero attached hydrogens (tertiary/aromatic N) is 1. The fourth-order valence-electron chi connectivity index (χ4n) is 2.59. The lowest BCUT2D eigenvalue weighted by Gasteiger charge is -2.32. The van der Waals surface area contributed by atoms with Crippen molar-refractivity contribution in [3.05, 3.63) is 29.8 Å². The molecule has 0 heterocycles. The van der Waals surface area contributed by atoms with Gasteiger partial charge in [-0.15, -0.1) is 0 Å². The van der Waals surface area contributed by atoms with Gasteiger partial charge in [-0.1, -0.05) is 32.9 Å². The van der Waals surface area contributed by atoms with Crippen LogP contribution in [-0.2, 0) is 0 Å². The van der Waals surface area contributed by atoms with Gasteiger partial charge in [0.2, 0.25) is 0 Å². The van der Waals surface area contributed by atoms with E-state index in [9.17, 15) is 0 Å². The molecule has 3 nitrogen and oxygen atoms in total. The van der Waals surface area contributed by atoms with Crippen LogP contribution >= 0.6 is 0 Å². The van der Waals surface area contributed by atoms with Crippen LogP contribution in [-0.4, -0.2) is 37.7 Å². The third-order valence-corrected chi connectivity index (χ3v) is 3.69. The number of hydrogen-bond acceptors (Lipinski definition) is 3. The third-order valence-electron chi connectivity index (χ3n) is 3.69. The van der Waals surface area contributed by atoms with Crippen molar-refractivity contribution in [1.82, 2.24) is 10.2 Å². The topological polar surface area (TPSA) is 24.5 Å². The molecule has 1 unspecified atom stereocenters. The molecule has 0 aromatic heterocycles. The lowest BCUT2D eigenvalue weighted by molar-refractivity contribution is 0.177. The summed E-state index contributed by atoms with van der Waals surface area (Å²) in [5.74, 6) is 1.61. The quantitative estimate of drug-likeness (QED) is 0.751. The predicted molar refractivity (Wildman–Crippen MR) is 91.0 cm³/mol. The Balaban J connectivity index is 2.88. The number of ether oxygens (including phenoxy) is 1. The number of rotatable bonds is 9. The van der Waals surface area contributed by atoms with Crippen molar-refractivity contribution >= 4 is 0 Å². The van der Waals surface area contributed by atoms with Gasteiger partial charge in [-0.05, 0) is 44.0 Å². The summed E-state index contributed by atoms with van der Waals surface area (Å²) < 4.78 is 5.36. The zero-order valence-corrected chi connectivity index (χ0v) is 14.5. The molecule has 0 amide bonds. The first-order chi connectivity index (χ1) is 9.97. The number of benzene rings is 1. The van der Waals surface area contributed by atoms with E-state index in [4.69, 9.17) is 4.74 Å². The average molecular weight is 292 g/mol. The molecular formula is C18H32N2O. The van der Waals surface area contributed by atoms with Crippen LogP contribution in [0.1, 0.15) is 46.2 Å². The molecule has 0 saturated carbocycles. The smallest absolute Gasteiger partial charge is 0.119 e. The summed E-state index contributed by atoms with van der Waals surface area (Å²) >= 11 is 0. The monoisotopic (exact) mass is 292 g/mol. The van der Waals surface area contributed by atoms with Gasteiger partial charge in [0.25, 0.3) is 0 Å². The second-order valence-corrected chi connectivity index (χ2v) is 6.33. The van der Waals surface area contributed by atoms with E-state index >= 15 is 0 Å². The summed E-state index contributed by atoms with van der Waals surface area (Å²) in [4.78, 5) is 2.55. The Hall–Kier alpha value is -1.06. The summed E-state index contributed by atoms with van der Waals surface area (Å²) in [7, 11) is 1.72. The Morgan fingerprint density at radius 1 is 1.14 bits per heavy atom. The van der Waals surface area contributed by atoms with E-state index in [2.05, 4.69) is 63.0 Å². The minimum atomic E-state index is 0.339. The zero-order valence-electron chi connectivity index (χ0n) is 14.5. The molecule has 0 bridgehead atoms. The summed E-state index contributed by atoms with van der Waals surface area (Å²) in [5, 5.41) is 3.61. The average Bonchev–Trinajstić information content (AvgIpc) is 2.45. The molecule has 0 aliphatic heterocycles. The largest absolute Gasteiger partial charge is 0.497 e. The number of methoxy groups -OCH3 is 1. The molecule has 0 spiro atoms. The molecule has 1 aromatic rings. The van der Waals surface area contributed by atoms with Crippen LogP contribution in [0.5, 0.6) is 5.75 Å². The van der Waals surface area contributed by atoms with E-state index in [-0.39, 0.29) is 0 Å². The summed E-state index contributed by atoms with van der Waals surface area (Å²) in [6.45, 7) is 14.4. The van der Waals surface area contributed by atoms with Gasteiger partial charge in [-0.2, -0.15) is 0 Å². The van der Waals surface area contributed by atoms with Gasteiger partial charge in [0.1, 0.15) is 5.75 Å². The SMILES string of the molecule is CCNC(CN(CC(C)C)C(C)C)c1cccc(OC)c1. The zero-order chi connectivity index (χ0) is 15.8. The maximum absolute atomic E-state index is 5.36. The van der Waals surface area contributed by atoms with Gasteiger partial charge in [0, 0.05) is 25.2 Å². The number of nitrogens with one attached hydrogen (secondary N) is 1. The van der Waals surface area contributed by atoms with E-state index < -0.39 is 0 Å². The lowest BCUT2D eigenvalue weighted by atomic mass is 10.0. The maximum atomic E-state index is 5.36. The molecule has 120 valence electrons. The van der Waals surface area contributed by atoms with E-state index in [1.165, 1.54) is 5.56 Å². The third kappa shape index (κ3) is 6.06. The molecule has 0 radical (unpaired) electrons. The van der Waals surface area contributed by atoms with Crippen molar-refractivity contribution in [3.63, 3.8) is 0 Å². The van der Waals surface area contributed by atoms with Crippen molar-refractivity contribution in [2.75, 3.05) is 26.7 Å². The highest BCUT2D eigenvalue weighted by Crippen LogP contribution is 2.21. The molecule has 1 N–H and O–H groups in total. The second-order valence-electron chi connectivity index (χ2n) is 6.33. The maximum Gasteiger partial charge on any atom is 0.119 e. The normalized spacial score (nSPS) is 13.2. The Kier molecular flexibility index (Phi) is 7.76. The fraction of sp³-hybridized carbons (Fsp3) is 0.667. The molecule has 1 atom stereocenters. The highest BCUT2D eigenvalue weighted by atomic mass is 16.5. The van der Waals surface area contributed by atoms with E-state index in [0.29, 0.717) is 18.0 Å². The van der Waals surface area contributed by atoms with Crippen LogP contribution in [0.3, 0.4) is 0 Å². The number of hydrogen-bond donors (Lipinski definition) is 1. The minimum Gasteiger partial charge on any atom is -0.497 e. The van der Waals surface area contributed by atoms with Crippen molar-refractivity contribution in [2.24, 2.45) is 5.92 Å². The molecule has 21 heavy (non-hydrogen) atoms. The first-order valence-electron chi connectivity index (χ1n) is 8.09. The van der Waals surface area contributed by atoms with Crippen LogP contribution in [0.15, 0.2) is 24.3 Å². The predicted octanol–water partition coefficient (Wildman–Crippen LogP) is 3.71. The standard InChI is InChI=1S/C18H32N2O/c1-7-19-18(13-20(15(4)5)12-14(2)3)16-9-8-10-17(11-16)21-6/h8-11,14-15,18-19H,7,12-13H2,1-6H3. The first kappa shape index (κ1) is 18.0. The van der Waals surface area contributed by atoms with Crippen LogP contribution in [0.2, 0.25) is 0 Å². The van der Waals surface area contributed by atoms with Crippen LogP contribution in [0.25, 0.3) is 0 Å². The highest BCUT2D eigenvalue weighted by molar-refractivity contribution is 5.30. The van der Waals surface area contributed by atoms with Gasteiger partial charge < -0.3 is 10.1 Å². The van der Waals surface area contributed by atoms with Crippen LogP contribution in [0.4, 0.5) is 0 Å². The molecular weight excluding hydrogens is 260 g/mol. The molecule has 3 heteroatoms. The Labute approximate surface area is 130 Å². The molecule has 0 aliphatic rings. The van der Waals surface area contributed by atoms with E-state index in [0.717, 1.165) is 25.4 Å². The Morgan fingerprint density at radius 3 is 2.38 bits per heavy atom. The van der Waals surface area contributed by atoms with Gasteiger partial charge in [-0.3, -0.25) is 4.90 Å². The molecule has 1 rings (SSSR count). The molecule has 0 aliphatic carbocycles. The van der Waals surface area contributed by atoms with Crippen molar-refractivity contribution in [1.29, 1.82) is 0 Å². The summed E-state index contributed by atoms with van der Waals surface area (Å²) in [6, 6.07) is 9.29. The molecule has 0 saturated heterocycles. The highest BCUT2D eigenvalue weighted by Gasteiger charge is 2.18. The van der Waals surface area contributed by atoms with E-state index in [1.54, 1.807) is 7.11 Å². The minimum absolute atomic E-state index is 0.339. The van der Waals surface area contributed by atoms with Gasteiger partial charge in [-0.25, -0.2) is 0 Å². The van der Waals surface area contributed by atoms with Crippen molar-refractivity contribution in [3.8, 4) is 5.75 Å². The van der Waals surface area contributed by atoms with Gasteiger partial charge >= 0.3 is 0 Å². The summed E-state index contributed by atoms with van der Waals surface area (Å²) in [5.41, 5.74) is 1.30. The first-order valence-corrected chi connectivity index (χ1v) is 8.09. The van der Waals surface area contributed by atoms with Crippen LogP contribution in [0, 0.1) is 5.92 Å². The fourth-order valence-corrected chi connectivity index (χ4v) is 2.59. The van der Waals surface area contributed by atoms with Gasteiger partial charge in [0.05, 0.1) is 7.11 Å². The Morgan fingerprint density at radius 2 is 1.86 bits per heavy atom. The van der Waals surface area contributed by atoms with Crippen LogP contribution < -0.4 is 10.1 Å². The second kappa shape index (κ2) is 9.06. The Bertz CT molecular complexity index is 404. The molecule has 0 fully saturated rings.